The van der Waals surface area contributed by atoms with Crippen LogP contribution in [0.4, 0.5) is 5.69 Å². The van der Waals surface area contributed by atoms with Crippen LogP contribution in [0.1, 0.15) is 37.3 Å². The molecule has 0 aliphatic carbocycles. The lowest BCUT2D eigenvalue weighted by molar-refractivity contribution is -0.0390. The van der Waals surface area contributed by atoms with Gasteiger partial charge in [0, 0.05) is 44.6 Å². The molecular formula is C26H36N4O2. The van der Waals surface area contributed by atoms with Gasteiger partial charge in [-0.1, -0.05) is 42.5 Å². The maximum absolute atomic E-state index is 6.08. The van der Waals surface area contributed by atoms with E-state index in [1.165, 1.54) is 16.8 Å². The minimum Gasteiger partial charge on any atom is -0.381 e. The van der Waals surface area contributed by atoms with Gasteiger partial charge >= 0.3 is 0 Å². The monoisotopic (exact) mass is 436 g/mol. The fraction of sp³-hybridized carbons (Fsp3) is 0.500. The Labute approximate surface area is 192 Å². The summed E-state index contributed by atoms with van der Waals surface area (Å²) in [7, 11) is 0. The summed E-state index contributed by atoms with van der Waals surface area (Å²) < 4.78 is 11.5. The Hall–Kier alpha value is -2.57. The first-order chi connectivity index (χ1) is 15.8. The van der Waals surface area contributed by atoms with Gasteiger partial charge in [-0.2, -0.15) is 0 Å². The standard InChI is InChI=1S/C26H36N4O2/c1-2-27-26(29-23-11-14-30(19-23)24-9-4-3-5-10-24)28-18-21-7-6-8-22(17-21)20-32-25-12-15-31-16-13-25/h3-10,17,23,25H,2,11-16,18-20H2,1H3,(H2,27,28,29). The lowest BCUT2D eigenvalue weighted by Crippen LogP contribution is -2.44. The molecule has 0 bridgehead atoms. The summed E-state index contributed by atoms with van der Waals surface area (Å²) in [5.41, 5.74) is 3.70. The van der Waals surface area contributed by atoms with Gasteiger partial charge in [0.05, 0.1) is 19.3 Å². The fourth-order valence-electron chi connectivity index (χ4n) is 4.31. The second-order valence-electron chi connectivity index (χ2n) is 8.55. The number of benzene rings is 2. The largest absolute Gasteiger partial charge is 0.381 e. The van der Waals surface area contributed by atoms with Crippen molar-refractivity contribution in [1.82, 2.24) is 10.6 Å². The van der Waals surface area contributed by atoms with Crippen LogP contribution < -0.4 is 15.5 Å². The van der Waals surface area contributed by atoms with Crippen molar-refractivity contribution >= 4 is 11.6 Å². The Balaban J connectivity index is 1.30. The second kappa shape index (κ2) is 11.9. The molecule has 0 aromatic heterocycles. The van der Waals surface area contributed by atoms with Crippen molar-refractivity contribution in [3.05, 3.63) is 65.7 Å². The van der Waals surface area contributed by atoms with Crippen LogP contribution in [-0.2, 0) is 22.6 Å². The van der Waals surface area contributed by atoms with Gasteiger partial charge in [-0.15, -0.1) is 0 Å². The lowest BCUT2D eigenvalue weighted by atomic mass is 10.1. The third kappa shape index (κ3) is 6.71. The topological polar surface area (TPSA) is 58.1 Å². The number of anilines is 1. The Kier molecular flexibility index (Phi) is 8.40. The molecule has 172 valence electrons. The Morgan fingerprint density at radius 2 is 1.88 bits per heavy atom. The zero-order valence-electron chi connectivity index (χ0n) is 19.1. The highest BCUT2D eigenvalue weighted by Gasteiger charge is 2.23. The Morgan fingerprint density at radius 1 is 1.06 bits per heavy atom. The highest BCUT2D eigenvalue weighted by molar-refractivity contribution is 5.80. The van der Waals surface area contributed by atoms with Crippen LogP contribution in [0, 0.1) is 0 Å². The fourth-order valence-corrected chi connectivity index (χ4v) is 4.31. The molecule has 2 aromatic carbocycles. The van der Waals surface area contributed by atoms with E-state index in [-0.39, 0.29) is 0 Å². The van der Waals surface area contributed by atoms with Crippen molar-refractivity contribution in [3.8, 4) is 0 Å². The van der Waals surface area contributed by atoms with Crippen molar-refractivity contribution < 1.29 is 9.47 Å². The average molecular weight is 437 g/mol. The molecule has 32 heavy (non-hydrogen) atoms. The molecule has 0 amide bonds. The molecule has 6 nitrogen and oxygen atoms in total. The molecule has 2 aliphatic rings. The number of nitrogens with zero attached hydrogens (tertiary/aromatic N) is 2. The summed E-state index contributed by atoms with van der Waals surface area (Å²) in [5, 5.41) is 7.03. The molecule has 1 unspecified atom stereocenters. The normalized spacial score (nSPS) is 19.8. The number of aliphatic imine (C=N–C) groups is 1. The quantitative estimate of drug-likeness (QED) is 0.488. The first-order valence-electron chi connectivity index (χ1n) is 11.9. The lowest BCUT2D eigenvalue weighted by Gasteiger charge is -2.22. The van der Waals surface area contributed by atoms with Crippen LogP contribution in [-0.4, -0.2) is 51.0 Å². The van der Waals surface area contributed by atoms with Gasteiger partial charge in [-0.25, -0.2) is 4.99 Å². The molecule has 2 aliphatic heterocycles. The first-order valence-corrected chi connectivity index (χ1v) is 11.9. The molecule has 1 atom stereocenters. The van der Waals surface area contributed by atoms with Gasteiger partial charge < -0.3 is 25.0 Å². The molecule has 6 heteroatoms. The highest BCUT2D eigenvalue weighted by atomic mass is 16.5. The summed E-state index contributed by atoms with van der Waals surface area (Å²) in [6.07, 6.45) is 3.41. The van der Waals surface area contributed by atoms with E-state index in [1.54, 1.807) is 0 Å². The highest BCUT2D eigenvalue weighted by Crippen LogP contribution is 2.20. The van der Waals surface area contributed by atoms with E-state index in [0.717, 1.165) is 58.1 Å². The zero-order valence-corrected chi connectivity index (χ0v) is 19.1. The van der Waals surface area contributed by atoms with E-state index in [2.05, 4.69) is 77.1 Å². The van der Waals surface area contributed by atoms with Gasteiger partial charge in [0.1, 0.15) is 0 Å². The van der Waals surface area contributed by atoms with Gasteiger partial charge in [-0.05, 0) is 49.4 Å². The minimum absolute atomic E-state index is 0.317. The molecule has 2 aromatic rings. The van der Waals surface area contributed by atoms with E-state index >= 15 is 0 Å². The van der Waals surface area contributed by atoms with E-state index < -0.39 is 0 Å². The van der Waals surface area contributed by atoms with E-state index in [0.29, 0.717) is 25.3 Å². The predicted molar refractivity (Wildman–Crippen MR) is 130 cm³/mol. The Morgan fingerprint density at radius 3 is 2.69 bits per heavy atom. The summed E-state index contributed by atoms with van der Waals surface area (Å²) in [5.74, 6) is 0.885. The molecule has 0 spiro atoms. The molecule has 2 saturated heterocycles. The first kappa shape index (κ1) is 22.6. The number of para-hydroxylation sites is 1. The van der Waals surface area contributed by atoms with E-state index in [9.17, 15) is 0 Å². The van der Waals surface area contributed by atoms with Crippen molar-refractivity contribution in [2.45, 2.75) is 51.5 Å². The van der Waals surface area contributed by atoms with Crippen molar-refractivity contribution in [3.63, 3.8) is 0 Å². The molecule has 2 heterocycles. The molecule has 4 rings (SSSR count). The molecule has 0 saturated carbocycles. The number of nitrogens with one attached hydrogen (secondary N) is 2. The van der Waals surface area contributed by atoms with Crippen molar-refractivity contribution in [2.75, 3.05) is 37.7 Å². The summed E-state index contributed by atoms with van der Waals surface area (Å²) in [4.78, 5) is 7.29. The average Bonchev–Trinajstić information content (AvgIpc) is 3.31. The Bertz CT molecular complexity index is 852. The van der Waals surface area contributed by atoms with Gasteiger partial charge in [-0.3, -0.25) is 0 Å². The molecule has 2 fully saturated rings. The van der Waals surface area contributed by atoms with E-state index in [1.807, 2.05) is 0 Å². The van der Waals surface area contributed by atoms with Crippen LogP contribution in [0.2, 0.25) is 0 Å². The molecule has 2 N–H and O–H groups in total. The van der Waals surface area contributed by atoms with Crippen LogP contribution >= 0.6 is 0 Å². The molecular weight excluding hydrogens is 400 g/mol. The van der Waals surface area contributed by atoms with Crippen molar-refractivity contribution in [1.29, 1.82) is 0 Å². The summed E-state index contributed by atoms with van der Waals surface area (Å²) in [6, 6.07) is 19.6. The van der Waals surface area contributed by atoms with Crippen molar-refractivity contribution in [2.24, 2.45) is 4.99 Å². The maximum atomic E-state index is 6.08. The predicted octanol–water partition coefficient (Wildman–Crippen LogP) is 3.72. The number of guanidine groups is 1. The zero-order chi connectivity index (χ0) is 22.0. The third-order valence-electron chi connectivity index (χ3n) is 6.06. The third-order valence-corrected chi connectivity index (χ3v) is 6.06. The van der Waals surface area contributed by atoms with Crippen LogP contribution in [0.3, 0.4) is 0 Å². The number of ether oxygens (including phenoxy) is 2. The number of hydrogen-bond acceptors (Lipinski definition) is 4. The maximum Gasteiger partial charge on any atom is 0.191 e. The SMILES string of the molecule is CCNC(=NCc1cccc(COC2CCOCC2)c1)NC1CCN(c2ccccc2)C1. The second-order valence-corrected chi connectivity index (χ2v) is 8.55. The van der Waals surface area contributed by atoms with Gasteiger partial charge in [0.2, 0.25) is 0 Å². The van der Waals surface area contributed by atoms with E-state index in [4.69, 9.17) is 14.5 Å². The van der Waals surface area contributed by atoms with Crippen LogP contribution in [0.15, 0.2) is 59.6 Å². The molecule has 0 radical (unpaired) electrons. The minimum atomic E-state index is 0.317. The number of rotatable bonds is 8. The summed E-state index contributed by atoms with van der Waals surface area (Å²) >= 11 is 0. The van der Waals surface area contributed by atoms with Gasteiger partial charge in [0.25, 0.3) is 0 Å². The summed E-state index contributed by atoms with van der Waals surface area (Å²) in [6.45, 7) is 7.93. The van der Waals surface area contributed by atoms with Gasteiger partial charge in [0.15, 0.2) is 5.96 Å². The van der Waals surface area contributed by atoms with Crippen LogP contribution in [0.5, 0.6) is 0 Å². The smallest absolute Gasteiger partial charge is 0.191 e. The number of hydrogen-bond donors (Lipinski definition) is 2. The van der Waals surface area contributed by atoms with Crippen LogP contribution in [0.25, 0.3) is 0 Å².